The maximum absolute atomic E-state index is 13.7. The van der Waals surface area contributed by atoms with Gasteiger partial charge in [0.05, 0.1) is 5.52 Å². The van der Waals surface area contributed by atoms with Gasteiger partial charge in [0.2, 0.25) is 5.95 Å². The Bertz CT molecular complexity index is 497. The summed E-state index contributed by atoms with van der Waals surface area (Å²) in [5.74, 6) is -0.257. The highest BCUT2D eigenvalue weighted by molar-refractivity contribution is 5.89. The van der Waals surface area contributed by atoms with E-state index >= 15 is 0 Å². The fourth-order valence-corrected chi connectivity index (χ4v) is 1.65. The second kappa shape index (κ2) is 3.18. The number of aryl methyl sites for hydroxylation is 1. The van der Waals surface area contributed by atoms with Crippen molar-refractivity contribution in [3.63, 3.8) is 0 Å². The smallest absolute Gasteiger partial charge is 0.201 e. The molecule has 72 valence electrons. The van der Waals surface area contributed by atoms with Crippen molar-refractivity contribution in [1.29, 1.82) is 0 Å². The van der Waals surface area contributed by atoms with Crippen LogP contribution < -0.4 is 5.73 Å². The summed E-state index contributed by atoms with van der Waals surface area (Å²) in [6, 6.07) is 7.54. The molecule has 2 rings (SSSR count). The first-order valence-corrected chi connectivity index (χ1v) is 4.37. The quantitative estimate of drug-likeness (QED) is 0.734. The molecule has 0 saturated heterocycles. The van der Waals surface area contributed by atoms with Crippen LogP contribution in [0.2, 0.25) is 0 Å². The Morgan fingerprint density at radius 1 is 1.36 bits per heavy atom. The average molecular weight is 190 g/mol. The number of aromatic nitrogens is 1. The Labute approximate surface area is 81.4 Å². The SMILES string of the molecule is Cn1c(F)c(/C=C\N)c2ccccc21. The molecule has 0 saturated carbocycles. The van der Waals surface area contributed by atoms with E-state index in [1.165, 1.54) is 10.8 Å². The molecule has 0 bridgehead atoms. The standard InChI is InChI=1S/C11H11FN2/c1-14-10-5-3-2-4-8(10)9(6-7-13)11(14)12/h2-7H,13H2,1H3/b7-6-. The Kier molecular flexibility index (Phi) is 2.00. The fourth-order valence-electron chi connectivity index (χ4n) is 1.65. The van der Waals surface area contributed by atoms with Gasteiger partial charge < -0.3 is 10.3 Å². The number of benzene rings is 1. The van der Waals surface area contributed by atoms with Gasteiger partial charge in [0, 0.05) is 18.0 Å². The molecule has 0 spiro atoms. The summed E-state index contributed by atoms with van der Waals surface area (Å²) in [5.41, 5.74) is 6.69. The highest BCUT2D eigenvalue weighted by atomic mass is 19.1. The molecular weight excluding hydrogens is 179 g/mol. The van der Waals surface area contributed by atoms with Gasteiger partial charge in [-0.05, 0) is 18.3 Å². The molecule has 1 aromatic heterocycles. The van der Waals surface area contributed by atoms with E-state index in [1.54, 1.807) is 13.1 Å². The number of hydrogen-bond acceptors (Lipinski definition) is 1. The fraction of sp³-hybridized carbons (Fsp3) is 0.0909. The minimum Gasteiger partial charge on any atom is -0.405 e. The first-order valence-electron chi connectivity index (χ1n) is 4.37. The van der Waals surface area contributed by atoms with E-state index in [1.807, 2.05) is 24.3 Å². The number of rotatable bonds is 1. The molecule has 0 unspecified atom stereocenters. The molecule has 0 amide bonds. The number of para-hydroxylation sites is 1. The number of halogens is 1. The summed E-state index contributed by atoms with van der Waals surface area (Å²) < 4.78 is 15.2. The molecule has 14 heavy (non-hydrogen) atoms. The molecule has 0 aliphatic rings. The third kappa shape index (κ3) is 1.09. The van der Waals surface area contributed by atoms with Crippen LogP contribution in [0.5, 0.6) is 0 Å². The van der Waals surface area contributed by atoms with E-state index in [-0.39, 0.29) is 5.95 Å². The zero-order valence-electron chi connectivity index (χ0n) is 7.87. The van der Waals surface area contributed by atoms with Crippen LogP contribution in [0.25, 0.3) is 17.0 Å². The minimum absolute atomic E-state index is 0.257. The molecule has 2 N–H and O–H groups in total. The van der Waals surface area contributed by atoms with Crippen molar-refractivity contribution in [2.45, 2.75) is 0 Å². The predicted molar refractivity (Wildman–Crippen MR) is 56.1 cm³/mol. The summed E-state index contributed by atoms with van der Waals surface area (Å²) in [6.45, 7) is 0. The topological polar surface area (TPSA) is 30.9 Å². The van der Waals surface area contributed by atoms with Crippen molar-refractivity contribution < 1.29 is 4.39 Å². The summed E-state index contributed by atoms with van der Waals surface area (Å²) in [5, 5.41) is 0.884. The van der Waals surface area contributed by atoms with Crippen LogP contribution in [0.4, 0.5) is 4.39 Å². The minimum atomic E-state index is -0.257. The first kappa shape index (κ1) is 8.81. The molecule has 0 atom stereocenters. The van der Waals surface area contributed by atoms with Gasteiger partial charge in [0.25, 0.3) is 0 Å². The molecule has 0 fully saturated rings. The van der Waals surface area contributed by atoms with E-state index in [0.717, 1.165) is 10.9 Å². The van der Waals surface area contributed by atoms with E-state index in [0.29, 0.717) is 5.56 Å². The largest absolute Gasteiger partial charge is 0.405 e. The van der Waals surface area contributed by atoms with E-state index in [9.17, 15) is 4.39 Å². The highest BCUT2D eigenvalue weighted by Gasteiger charge is 2.11. The van der Waals surface area contributed by atoms with Crippen molar-refractivity contribution in [1.82, 2.24) is 4.57 Å². The van der Waals surface area contributed by atoms with Gasteiger partial charge in [0.1, 0.15) is 0 Å². The lowest BCUT2D eigenvalue weighted by atomic mass is 10.2. The van der Waals surface area contributed by atoms with Crippen LogP contribution in [0.15, 0.2) is 30.5 Å². The number of nitrogens with two attached hydrogens (primary N) is 1. The maximum Gasteiger partial charge on any atom is 0.201 e. The Morgan fingerprint density at radius 3 is 2.79 bits per heavy atom. The van der Waals surface area contributed by atoms with Crippen molar-refractivity contribution in [3.05, 3.63) is 42.0 Å². The highest BCUT2D eigenvalue weighted by Crippen LogP contribution is 2.24. The van der Waals surface area contributed by atoms with Gasteiger partial charge in [-0.15, -0.1) is 0 Å². The van der Waals surface area contributed by atoms with Crippen LogP contribution >= 0.6 is 0 Å². The van der Waals surface area contributed by atoms with Crippen molar-refractivity contribution in [2.24, 2.45) is 12.8 Å². The summed E-state index contributed by atoms with van der Waals surface area (Å²) >= 11 is 0. The van der Waals surface area contributed by atoms with E-state index in [4.69, 9.17) is 5.73 Å². The van der Waals surface area contributed by atoms with Gasteiger partial charge >= 0.3 is 0 Å². The summed E-state index contributed by atoms with van der Waals surface area (Å²) in [4.78, 5) is 0. The number of nitrogens with zero attached hydrogens (tertiary/aromatic N) is 1. The molecule has 1 heterocycles. The third-order valence-electron chi connectivity index (χ3n) is 2.34. The number of hydrogen-bond donors (Lipinski definition) is 1. The van der Waals surface area contributed by atoms with Crippen molar-refractivity contribution in [2.75, 3.05) is 0 Å². The predicted octanol–water partition coefficient (Wildman–Crippen LogP) is 2.25. The molecule has 1 aromatic carbocycles. The molecule has 0 radical (unpaired) electrons. The molecule has 3 heteroatoms. The summed E-state index contributed by atoms with van der Waals surface area (Å²) in [7, 11) is 1.70. The van der Waals surface area contributed by atoms with E-state index in [2.05, 4.69) is 0 Å². The van der Waals surface area contributed by atoms with Crippen LogP contribution in [-0.2, 0) is 7.05 Å². The van der Waals surface area contributed by atoms with Gasteiger partial charge in [-0.25, -0.2) is 0 Å². The molecule has 0 aliphatic carbocycles. The Hall–Kier alpha value is -1.77. The Balaban J connectivity index is 2.87. The van der Waals surface area contributed by atoms with Crippen LogP contribution in [0.1, 0.15) is 5.56 Å². The van der Waals surface area contributed by atoms with Gasteiger partial charge in [0.15, 0.2) is 0 Å². The van der Waals surface area contributed by atoms with Crippen molar-refractivity contribution in [3.8, 4) is 0 Å². The molecule has 2 aromatic rings. The monoisotopic (exact) mass is 190 g/mol. The van der Waals surface area contributed by atoms with E-state index < -0.39 is 0 Å². The van der Waals surface area contributed by atoms with Crippen LogP contribution in [0.3, 0.4) is 0 Å². The molecular formula is C11H11FN2. The van der Waals surface area contributed by atoms with Crippen LogP contribution in [-0.4, -0.2) is 4.57 Å². The maximum atomic E-state index is 13.7. The lowest BCUT2D eigenvalue weighted by Crippen LogP contribution is -1.91. The van der Waals surface area contributed by atoms with Crippen LogP contribution in [0, 0.1) is 5.95 Å². The lowest BCUT2D eigenvalue weighted by molar-refractivity contribution is 0.540. The van der Waals surface area contributed by atoms with Gasteiger partial charge in [-0.3, -0.25) is 0 Å². The zero-order chi connectivity index (χ0) is 10.1. The van der Waals surface area contributed by atoms with Gasteiger partial charge in [-0.1, -0.05) is 18.2 Å². The average Bonchev–Trinajstić information content (AvgIpc) is 2.45. The number of fused-ring (bicyclic) bond motifs is 1. The summed E-state index contributed by atoms with van der Waals surface area (Å²) in [6.07, 6.45) is 2.93. The van der Waals surface area contributed by atoms with Crippen molar-refractivity contribution >= 4 is 17.0 Å². The Morgan fingerprint density at radius 2 is 2.07 bits per heavy atom. The second-order valence-electron chi connectivity index (χ2n) is 3.14. The molecule has 0 aliphatic heterocycles. The zero-order valence-corrected chi connectivity index (χ0v) is 7.87. The third-order valence-corrected chi connectivity index (χ3v) is 2.34. The lowest BCUT2D eigenvalue weighted by Gasteiger charge is -1.93. The second-order valence-corrected chi connectivity index (χ2v) is 3.14. The molecule has 2 nitrogen and oxygen atoms in total. The normalized spacial score (nSPS) is 11.6. The first-order chi connectivity index (χ1) is 6.75. The van der Waals surface area contributed by atoms with Gasteiger partial charge in [-0.2, -0.15) is 4.39 Å².